The Balaban J connectivity index is 2.11. The van der Waals surface area contributed by atoms with E-state index in [-0.39, 0.29) is 16.6 Å². The Morgan fingerprint density at radius 2 is 1.87 bits per heavy atom. The van der Waals surface area contributed by atoms with Crippen molar-refractivity contribution in [2.45, 2.75) is 6.92 Å². The second-order valence-electron chi connectivity index (χ2n) is 4.72. The van der Waals surface area contributed by atoms with Crippen LogP contribution in [-0.4, -0.2) is 22.1 Å². The lowest BCUT2D eigenvalue weighted by Gasteiger charge is -2.12. The molecule has 3 N–H and O–H groups in total. The predicted molar refractivity (Wildman–Crippen MR) is 93.3 cm³/mol. The third-order valence-corrected chi connectivity index (χ3v) is 3.61. The van der Waals surface area contributed by atoms with Crippen LogP contribution in [0, 0.1) is 6.92 Å². The molecule has 5 nitrogen and oxygen atoms in total. The van der Waals surface area contributed by atoms with E-state index in [1.807, 2.05) is 19.1 Å². The van der Waals surface area contributed by atoms with Crippen LogP contribution < -0.4 is 10.6 Å². The average Bonchev–Trinajstić information content (AvgIpc) is 2.49. The van der Waals surface area contributed by atoms with Gasteiger partial charge < -0.3 is 10.4 Å². The number of anilines is 1. The number of carboxylic acids is 1. The van der Waals surface area contributed by atoms with E-state index in [2.05, 4.69) is 10.6 Å². The van der Waals surface area contributed by atoms with Gasteiger partial charge in [0.1, 0.15) is 0 Å². The maximum Gasteiger partial charge on any atom is 0.335 e. The average molecular weight is 349 g/mol. The van der Waals surface area contributed by atoms with Gasteiger partial charge in [0.15, 0.2) is 5.11 Å². The van der Waals surface area contributed by atoms with E-state index in [1.165, 1.54) is 18.2 Å². The first kappa shape index (κ1) is 16.9. The first-order valence-electron chi connectivity index (χ1n) is 6.59. The highest BCUT2D eigenvalue weighted by Gasteiger charge is 2.12. The minimum Gasteiger partial charge on any atom is -0.478 e. The summed E-state index contributed by atoms with van der Waals surface area (Å²) in [4.78, 5) is 23.1. The topological polar surface area (TPSA) is 78.4 Å². The molecule has 2 aromatic rings. The Kier molecular flexibility index (Phi) is 5.31. The molecule has 23 heavy (non-hydrogen) atoms. The number of aryl methyl sites for hydroxylation is 1. The first-order chi connectivity index (χ1) is 10.9. The van der Waals surface area contributed by atoms with Gasteiger partial charge in [-0.1, -0.05) is 29.8 Å². The van der Waals surface area contributed by atoms with Crippen LogP contribution >= 0.6 is 23.8 Å². The van der Waals surface area contributed by atoms with Gasteiger partial charge in [0.25, 0.3) is 5.91 Å². The molecule has 2 aromatic carbocycles. The zero-order valence-corrected chi connectivity index (χ0v) is 13.7. The fraction of sp³-hybridized carbons (Fsp3) is 0.0625. The van der Waals surface area contributed by atoms with E-state index in [9.17, 15) is 9.59 Å². The van der Waals surface area contributed by atoms with E-state index < -0.39 is 5.97 Å². The van der Waals surface area contributed by atoms with E-state index >= 15 is 0 Å². The summed E-state index contributed by atoms with van der Waals surface area (Å²) < 4.78 is 0. The lowest BCUT2D eigenvalue weighted by Crippen LogP contribution is -2.34. The summed E-state index contributed by atoms with van der Waals surface area (Å²) in [5.41, 5.74) is 1.69. The number of halogens is 1. The number of carbonyl (C=O) groups is 2. The van der Waals surface area contributed by atoms with Crippen molar-refractivity contribution in [3.63, 3.8) is 0 Å². The fourth-order valence-corrected chi connectivity index (χ4v) is 2.27. The van der Waals surface area contributed by atoms with Gasteiger partial charge in [0, 0.05) is 5.56 Å². The number of carboxylic acid groups (broad SMARTS) is 1. The highest BCUT2D eigenvalue weighted by molar-refractivity contribution is 7.80. The Labute approximate surface area is 143 Å². The van der Waals surface area contributed by atoms with Crippen molar-refractivity contribution in [1.29, 1.82) is 0 Å². The van der Waals surface area contributed by atoms with E-state index in [0.29, 0.717) is 16.3 Å². The summed E-state index contributed by atoms with van der Waals surface area (Å²) in [6.45, 7) is 1.82. The van der Waals surface area contributed by atoms with Gasteiger partial charge in [-0.05, 0) is 49.0 Å². The number of amides is 1. The maximum absolute atomic E-state index is 12.2. The van der Waals surface area contributed by atoms with Gasteiger partial charge in [-0.15, -0.1) is 0 Å². The number of aromatic carboxylic acids is 1. The van der Waals surface area contributed by atoms with Crippen LogP contribution in [-0.2, 0) is 0 Å². The summed E-state index contributed by atoms with van der Waals surface area (Å²) in [5.74, 6) is -1.44. The molecular weight excluding hydrogens is 336 g/mol. The van der Waals surface area contributed by atoms with Gasteiger partial charge >= 0.3 is 5.97 Å². The Morgan fingerprint density at radius 1 is 1.17 bits per heavy atom. The highest BCUT2D eigenvalue weighted by atomic mass is 35.5. The highest BCUT2D eigenvalue weighted by Crippen LogP contribution is 2.23. The Morgan fingerprint density at radius 3 is 2.52 bits per heavy atom. The Bertz CT molecular complexity index is 793. The van der Waals surface area contributed by atoms with Crippen molar-refractivity contribution in [1.82, 2.24) is 5.32 Å². The molecule has 0 spiro atoms. The normalized spacial score (nSPS) is 10.0. The van der Waals surface area contributed by atoms with Crippen LogP contribution in [0.25, 0.3) is 0 Å². The van der Waals surface area contributed by atoms with Crippen LogP contribution in [0.15, 0.2) is 42.5 Å². The number of nitrogens with one attached hydrogen (secondary N) is 2. The van der Waals surface area contributed by atoms with Crippen molar-refractivity contribution >= 4 is 46.5 Å². The molecule has 0 saturated carbocycles. The SMILES string of the molecule is Cc1ccccc1C(=O)NC(=S)Nc1cc(C(=O)O)ccc1Cl. The molecule has 0 unspecified atom stereocenters. The molecule has 0 saturated heterocycles. The van der Waals surface area contributed by atoms with Crippen molar-refractivity contribution < 1.29 is 14.7 Å². The number of rotatable bonds is 3. The minimum atomic E-state index is -1.08. The van der Waals surface area contributed by atoms with Crippen LogP contribution in [0.4, 0.5) is 5.69 Å². The second-order valence-corrected chi connectivity index (χ2v) is 5.54. The zero-order valence-electron chi connectivity index (χ0n) is 12.1. The third kappa shape index (κ3) is 4.28. The predicted octanol–water partition coefficient (Wildman–Crippen LogP) is 3.47. The van der Waals surface area contributed by atoms with Gasteiger partial charge in [0.05, 0.1) is 16.3 Å². The molecule has 0 aliphatic heterocycles. The van der Waals surface area contributed by atoms with Gasteiger partial charge in [-0.25, -0.2) is 4.79 Å². The van der Waals surface area contributed by atoms with Crippen LogP contribution in [0.1, 0.15) is 26.3 Å². The molecule has 7 heteroatoms. The number of hydrogen-bond acceptors (Lipinski definition) is 3. The van der Waals surface area contributed by atoms with Crippen LogP contribution in [0.2, 0.25) is 5.02 Å². The van der Waals surface area contributed by atoms with Gasteiger partial charge in [0.2, 0.25) is 0 Å². The monoisotopic (exact) mass is 348 g/mol. The summed E-state index contributed by atoms with van der Waals surface area (Å²) in [6.07, 6.45) is 0. The van der Waals surface area contributed by atoms with Crippen LogP contribution in [0.3, 0.4) is 0 Å². The first-order valence-corrected chi connectivity index (χ1v) is 7.38. The summed E-state index contributed by atoms with van der Waals surface area (Å²) in [7, 11) is 0. The van der Waals surface area contributed by atoms with E-state index in [0.717, 1.165) is 5.56 Å². The Hall–Kier alpha value is -2.44. The number of hydrogen-bond donors (Lipinski definition) is 3. The standard InChI is InChI=1S/C16H13ClN2O3S/c1-9-4-2-3-5-11(9)14(20)19-16(23)18-13-8-10(15(21)22)6-7-12(13)17/h2-8H,1H3,(H,21,22)(H2,18,19,20,23). The van der Waals surface area contributed by atoms with Gasteiger partial charge in [-0.2, -0.15) is 0 Å². The molecule has 0 heterocycles. The number of benzene rings is 2. The van der Waals surface area contributed by atoms with E-state index in [4.69, 9.17) is 28.9 Å². The lowest BCUT2D eigenvalue weighted by molar-refractivity contribution is 0.0696. The smallest absolute Gasteiger partial charge is 0.335 e. The summed E-state index contributed by atoms with van der Waals surface area (Å²) in [6, 6.07) is 11.3. The van der Waals surface area contributed by atoms with Gasteiger partial charge in [-0.3, -0.25) is 10.1 Å². The molecule has 0 aromatic heterocycles. The zero-order chi connectivity index (χ0) is 17.0. The fourth-order valence-electron chi connectivity index (χ4n) is 1.91. The van der Waals surface area contributed by atoms with E-state index in [1.54, 1.807) is 12.1 Å². The second kappa shape index (κ2) is 7.21. The van der Waals surface area contributed by atoms with Crippen molar-refractivity contribution in [3.05, 3.63) is 64.2 Å². The van der Waals surface area contributed by atoms with Crippen molar-refractivity contribution in [3.8, 4) is 0 Å². The summed E-state index contributed by atoms with van der Waals surface area (Å²) >= 11 is 11.1. The molecule has 1 amide bonds. The minimum absolute atomic E-state index is 0.0303. The van der Waals surface area contributed by atoms with Crippen LogP contribution in [0.5, 0.6) is 0 Å². The molecule has 0 fully saturated rings. The molecule has 2 rings (SSSR count). The molecular formula is C16H13ClN2O3S. The largest absolute Gasteiger partial charge is 0.478 e. The molecule has 0 aliphatic carbocycles. The number of carbonyl (C=O) groups excluding carboxylic acids is 1. The molecule has 0 aliphatic rings. The molecule has 0 atom stereocenters. The lowest BCUT2D eigenvalue weighted by atomic mass is 10.1. The third-order valence-electron chi connectivity index (χ3n) is 3.08. The summed E-state index contributed by atoms with van der Waals surface area (Å²) in [5, 5.41) is 14.6. The molecule has 0 bridgehead atoms. The number of thiocarbonyl (C=S) groups is 1. The van der Waals surface area contributed by atoms with Crippen molar-refractivity contribution in [2.75, 3.05) is 5.32 Å². The molecule has 0 radical (unpaired) electrons. The maximum atomic E-state index is 12.2. The quantitative estimate of drug-likeness (QED) is 0.740. The molecule has 118 valence electrons. The van der Waals surface area contributed by atoms with Crippen molar-refractivity contribution in [2.24, 2.45) is 0 Å².